The second-order valence-corrected chi connectivity index (χ2v) is 10.9. The minimum atomic E-state index is 0. The monoisotopic (exact) mass is 664 g/mol. The van der Waals surface area contributed by atoms with Gasteiger partial charge >= 0.3 is 18.6 Å². The molecule has 0 spiro atoms. The summed E-state index contributed by atoms with van der Waals surface area (Å²) in [6, 6.07) is 17.0. The van der Waals surface area contributed by atoms with Crippen molar-refractivity contribution in [1.29, 1.82) is 0 Å². The Hall–Kier alpha value is -1.62. The van der Waals surface area contributed by atoms with E-state index in [0.29, 0.717) is 5.02 Å². The molecule has 0 saturated heterocycles. The molecular weight excluding hydrogens is 620 g/mol. The van der Waals surface area contributed by atoms with Gasteiger partial charge < -0.3 is 24.8 Å². The fourth-order valence-corrected chi connectivity index (χ4v) is 5.05. The maximum atomic E-state index is 6.55. The predicted molar refractivity (Wildman–Crippen MR) is 171 cm³/mol. The number of para-hydroxylation sites is 2. The molecule has 1 aromatic heterocycles. The van der Waals surface area contributed by atoms with Crippen LogP contribution in [0.3, 0.4) is 0 Å². The van der Waals surface area contributed by atoms with Gasteiger partial charge in [-0.2, -0.15) is 0 Å². The normalized spacial score (nSPS) is 10.9. The smallest absolute Gasteiger partial charge is 1.00 e. The van der Waals surface area contributed by atoms with Gasteiger partial charge in [0.15, 0.2) is 0 Å². The average Bonchev–Trinajstić information content (AvgIpc) is 2.95. The van der Waals surface area contributed by atoms with Gasteiger partial charge in [-0.25, -0.2) is 4.98 Å². The van der Waals surface area contributed by atoms with Crippen LogP contribution in [0.15, 0.2) is 58.5 Å². The van der Waals surface area contributed by atoms with Gasteiger partial charge in [-0.3, -0.25) is 9.98 Å². The number of benzene rings is 2. The van der Waals surface area contributed by atoms with E-state index in [4.69, 9.17) is 26.6 Å². The van der Waals surface area contributed by atoms with E-state index in [1.54, 1.807) is 0 Å². The van der Waals surface area contributed by atoms with Crippen LogP contribution >= 0.6 is 11.6 Å². The fraction of sp³-hybridized carbons (Fsp3) is 0.457. The van der Waals surface area contributed by atoms with Crippen LogP contribution in [0.25, 0.3) is 0 Å². The molecule has 1 radical (unpaired) electrons. The summed E-state index contributed by atoms with van der Waals surface area (Å²) in [5, 5.41) is 0.642. The van der Waals surface area contributed by atoms with Crippen molar-refractivity contribution in [2.45, 2.75) is 105 Å². The average molecular weight is 666 g/mol. The SMILES string of the molecule is CCCCc1cccc(CCCC)c1N=Cc1cc(Cl)cc(C=Nc2c(CCCC)cccc2CCCC)n1.[Cl-].[Cl-].[V+2]. The molecule has 0 aliphatic rings. The summed E-state index contributed by atoms with van der Waals surface area (Å²) in [4.78, 5) is 14.8. The Morgan fingerprint density at radius 3 is 1.19 bits per heavy atom. The molecule has 7 heteroatoms. The zero-order chi connectivity index (χ0) is 27.9. The number of pyridine rings is 1. The maximum absolute atomic E-state index is 6.55. The van der Waals surface area contributed by atoms with Crippen molar-refractivity contribution in [1.82, 2.24) is 4.98 Å². The summed E-state index contributed by atoms with van der Waals surface area (Å²) < 4.78 is 0. The van der Waals surface area contributed by atoms with Crippen molar-refractivity contribution in [2.75, 3.05) is 0 Å². The van der Waals surface area contributed by atoms with Crippen LogP contribution in [0.2, 0.25) is 5.02 Å². The maximum Gasteiger partial charge on any atom is 2.00 e. The third-order valence-corrected chi connectivity index (χ3v) is 7.30. The van der Waals surface area contributed by atoms with Gasteiger partial charge in [-0.1, -0.05) is 101 Å². The van der Waals surface area contributed by atoms with Gasteiger partial charge in [0, 0.05) is 5.02 Å². The summed E-state index contributed by atoms with van der Waals surface area (Å²) in [6.07, 6.45) is 17.2. The van der Waals surface area contributed by atoms with Gasteiger partial charge in [0.25, 0.3) is 0 Å². The van der Waals surface area contributed by atoms with Crippen LogP contribution in [-0.4, -0.2) is 17.4 Å². The first-order valence-corrected chi connectivity index (χ1v) is 15.4. The number of hydrogen-bond acceptors (Lipinski definition) is 3. The molecular formula is C35H46Cl3N3V. The van der Waals surface area contributed by atoms with Crippen LogP contribution in [-0.2, 0) is 44.2 Å². The number of nitrogens with zero attached hydrogens (tertiary/aromatic N) is 3. The molecule has 0 aliphatic heterocycles. The molecule has 0 unspecified atom stereocenters. The molecule has 0 aliphatic carbocycles. The predicted octanol–water partition coefficient (Wildman–Crippen LogP) is 4.61. The molecule has 227 valence electrons. The number of rotatable bonds is 16. The molecule has 2 aromatic carbocycles. The number of hydrogen-bond donors (Lipinski definition) is 0. The summed E-state index contributed by atoms with van der Waals surface area (Å²) in [5.41, 5.74) is 8.95. The third kappa shape index (κ3) is 12.9. The first kappa shape index (κ1) is 40.4. The van der Waals surface area contributed by atoms with Gasteiger partial charge in [-0.15, -0.1) is 0 Å². The largest absolute Gasteiger partial charge is 2.00 e. The van der Waals surface area contributed by atoms with Crippen molar-refractivity contribution < 1.29 is 43.4 Å². The zero-order valence-electron chi connectivity index (χ0n) is 25.7. The minimum absolute atomic E-state index is 0. The molecule has 3 aromatic rings. The molecule has 0 fully saturated rings. The number of unbranched alkanes of at least 4 members (excludes halogenated alkanes) is 4. The quantitative estimate of drug-likeness (QED) is 0.206. The van der Waals surface area contributed by atoms with E-state index in [1.165, 1.54) is 47.9 Å². The van der Waals surface area contributed by atoms with E-state index < -0.39 is 0 Å². The Kier molecular flexibility index (Phi) is 22.0. The Morgan fingerprint density at radius 2 is 0.905 bits per heavy atom. The number of aryl methyl sites for hydroxylation is 4. The van der Waals surface area contributed by atoms with Gasteiger partial charge in [0.1, 0.15) is 0 Å². The number of aliphatic imine (C=N–C) groups is 2. The molecule has 0 amide bonds. The van der Waals surface area contributed by atoms with Gasteiger partial charge in [0.2, 0.25) is 0 Å². The van der Waals surface area contributed by atoms with Crippen LogP contribution in [0.1, 0.15) is 113 Å². The zero-order valence-corrected chi connectivity index (χ0v) is 29.3. The van der Waals surface area contributed by atoms with E-state index >= 15 is 0 Å². The second-order valence-electron chi connectivity index (χ2n) is 10.4. The van der Waals surface area contributed by atoms with Crippen molar-refractivity contribution in [3.8, 4) is 0 Å². The molecule has 3 nitrogen and oxygen atoms in total. The third-order valence-electron chi connectivity index (χ3n) is 7.09. The first-order valence-electron chi connectivity index (χ1n) is 15.1. The Morgan fingerprint density at radius 1 is 0.595 bits per heavy atom. The van der Waals surface area contributed by atoms with Crippen molar-refractivity contribution in [2.24, 2.45) is 9.98 Å². The number of aromatic nitrogens is 1. The van der Waals surface area contributed by atoms with Crippen LogP contribution < -0.4 is 24.8 Å². The van der Waals surface area contributed by atoms with Crippen molar-refractivity contribution >= 4 is 35.4 Å². The Bertz CT molecular complexity index is 1100. The summed E-state index contributed by atoms with van der Waals surface area (Å²) in [6.45, 7) is 8.94. The van der Waals surface area contributed by atoms with E-state index in [1.807, 2.05) is 24.6 Å². The van der Waals surface area contributed by atoms with Gasteiger partial charge in [-0.05, 0) is 85.8 Å². The summed E-state index contributed by atoms with van der Waals surface area (Å²) >= 11 is 6.55. The van der Waals surface area contributed by atoms with Gasteiger partial charge in [0.05, 0.1) is 35.2 Å². The van der Waals surface area contributed by atoms with Crippen molar-refractivity contribution in [3.63, 3.8) is 0 Å². The minimum Gasteiger partial charge on any atom is -1.00 e. The fourth-order valence-electron chi connectivity index (χ4n) is 4.83. The number of halogens is 3. The van der Waals surface area contributed by atoms with E-state index in [-0.39, 0.29) is 43.4 Å². The molecule has 42 heavy (non-hydrogen) atoms. The molecule has 0 saturated carbocycles. The summed E-state index contributed by atoms with van der Waals surface area (Å²) in [5.74, 6) is 0. The first-order chi connectivity index (χ1) is 19.1. The van der Waals surface area contributed by atoms with Crippen LogP contribution in [0.4, 0.5) is 11.4 Å². The van der Waals surface area contributed by atoms with Crippen LogP contribution in [0.5, 0.6) is 0 Å². The van der Waals surface area contributed by atoms with Crippen LogP contribution in [0, 0.1) is 0 Å². The van der Waals surface area contributed by atoms with E-state index in [2.05, 4.69) is 64.1 Å². The molecule has 0 N–H and O–H groups in total. The topological polar surface area (TPSA) is 37.6 Å². The van der Waals surface area contributed by atoms with E-state index in [9.17, 15) is 0 Å². The molecule has 1 heterocycles. The molecule has 3 rings (SSSR count). The van der Waals surface area contributed by atoms with E-state index in [0.717, 1.165) is 74.1 Å². The standard InChI is InChI=1S/C35H46ClN3.2ClH.V/c1-5-9-15-27-19-13-20-28(16-10-6-2)34(27)37-25-32-23-31(36)24-33(39-32)26-38-35-29(17-11-7-3)21-14-22-30(35)18-12-8-4;;;/h13-14,19-26H,5-12,15-18H2,1-4H3;2*1H;/q;;;+2/p-2. The second kappa shape index (κ2) is 22.9. The van der Waals surface area contributed by atoms with Crippen molar-refractivity contribution in [3.05, 3.63) is 87.2 Å². The molecule has 0 bridgehead atoms. The summed E-state index contributed by atoms with van der Waals surface area (Å²) in [7, 11) is 0. The Labute approximate surface area is 284 Å². The Balaban J connectivity index is 0.00000560. The molecule has 0 atom stereocenters.